The molecule has 2 saturated heterocycles. The molecule has 2 fully saturated rings. The standard InChI is InChI=1S/C17H28N4O2/c1-13(2)4-7-18-15-12-14(3)19-16(20-15)21-8-5-17(6-9-21)22-10-11-23-17/h12-13H,4-11H2,1-3H3,(H,18,19,20). The van der Waals surface area contributed by atoms with Gasteiger partial charge in [-0.05, 0) is 19.3 Å². The average Bonchev–Trinajstić information content (AvgIpc) is 2.95. The summed E-state index contributed by atoms with van der Waals surface area (Å²) in [6.45, 7) is 10.6. The number of hydrogen-bond donors (Lipinski definition) is 1. The summed E-state index contributed by atoms with van der Waals surface area (Å²) in [5.74, 6) is 2.07. The number of nitrogens with one attached hydrogen (secondary N) is 1. The molecule has 3 heterocycles. The Kier molecular flexibility index (Phi) is 5.02. The fourth-order valence-electron chi connectivity index (χ4n) is 3.11. The maximum absolute atomic E-state index is 5.79. The van der Waals surface area contributed by atoms with E-state index in [1.165, 1.54) is 0 Å². The van der Waals surface area contributed by atoms with Crippen LogP contribution >= 0.6 is 0 Å². The SMILES string of the molecule is Cc1cc(NCCC(C)C)nc(N2CCC3(CC2)OCCO3)n1. The topological polar surface area (TPSA) is 59.5 Å². The van der Waals surface area contributed by atoms with Crippen LogP contribution in [0.15, 0.2) is 6.07 Å². The van der Waals surface area contributed by atoms with Crippen molar-refractivity contribution in [3.63, 3.8) is 0 Å². The summed E-state index contributed by atoms with van der Waals surface area (Å²) < 4.78 is 11.6. The monoisotopic (exact) mass is 320 g/mol. The Morgan fingerprint density at radius 2 is 1.91 bits per heavy atom. The average molecular weight is 320 g/mol. The van der Waals surface area contributed by atoms with E-state index in [1.807, 2.05) is 13.0 Å². The number of aromatic nitrogens is 2. The fraction of sp³-hybridized carbons (Fsp3) is 0.765. The lowest BCUT2D eigenvalue weighted by atomic mass is 10.0. The molecule has 0 unspecified atom stereocenters. The van der Waals surface area contributed by atoms with Crippen molar-refractivity contribution in [1.29, 1.82) is 0 Å². The van der Waals surface area contributed by atoms with Crippen molar-refractivity contribution in [3.8, 4) is 0 Å². The number of rotatable bonds is 5. The second kappa shape index (κ2) is 7.01. The van der Waals surface area contributed by atoms with Gasteiger partial charge in [-0.1, -0.05) is 13.8 Å². The van der Waals surface area contributed by atoms with Crippen LogP contribution in [0.2, 0.25) is 0 Å². The molecule has 128 valence electrons. The first kappa shape index (κ1) is 16.5. The molecular weight excluding hydrogens is 292 g/mol. The van der Waals surface area contributed by atoms with Gasteiger partial charge < -0.3 is 19.7 Å². The second-order valence-corrected chi connectivity index (χ2v) is 6.90. The van der Waals surface area contributed by atoms with Gasteiger partial charge in [0.25, 0.3) is 0 Å². The largest absolute Gasteiger partial charge is 0.370 e. The Hall–Kier alpha value is -1.40. The van der Waals surface area contributed by atoms with Crippen LogP contribution in [0.5, 0.6) is 0 Å². The van der Waals surface area contributed by atoms with Crippen molar-refractivity contribution in [1.82, 2.24) is 9.97 Å². The van der Waals surface area contributed by atoms with Crippen LogP contribution in [0.1, 0.15) is 38.8 Å². The minimum Gasteiger partial charge on any atom is -0.370 e. The van der Waals surface area contributed by atoms with E-state index in [9.17, 15) is 0 Å². The lowest BCUT2D eigenvalue weighted by Gasteiger charge is -2.37. The molecule has 0 aromatic carbocycles. The highest BCUT2D eigenvalue weighted by molar-refractivity contribution is 5.44. The molecule has 0 amide bonds. The number of anilines is 2. The van der Waals surface area contributed by atoms with Gasteiger partial charge in [0.1, 0.15) is 5.82 Å². The Labute approximate surface area is 138 Å². The van der Waals surface area contributed by atoms with Crippen molar-refractivity contribution in [2.45, 2.75) is 45.8 Å². The van der Waals surface area contributed by atoms with Crippen molar-refractivity contribution in [2.75, 3.05) is 43.1 Å². The predicted molar refractivity (Wildman–Crippen MR) is 90.8 cm³/mol. The Morgan fingerprint density at radius 3 is 2.57 bits per heavy atom. The molecule has 1 spiro atoms. The number of aryl methyl sites for hydroxylation is 1. The van der Waals surface area contributed by atoms with E-state index in [0.717, 1.165) is 56.4 Å². The van der Waals surface area contributed by atoms with Gasteiger partial charge in [0.05, 0.1) is 13.2 Å². The molecule has 2 aliphatic rings. The summed E-state index contributed by atoms with van der Waals surface area (Å²) in [7, 11) is 0. The Morgan fingerprint density at radius 1 is 1.22 bits per heavy atom. The third-order valence-corrected chi connectivity index (χ3v) is 4.49. The normalized spacial score (nSPS) is 20.4. The van der Waals surface area contributed by atoms with Gasteiger partial charge in [-0.3, -0.25) is 0 Å². The second-order valence-electron chi connectivity index (χ2n) is 6.90. The maximum atomic E-state index is 5.79. The van der Waals surface area contributed by atoms with Gasteiger partial charge in [-0.2, -0.15) is 4.98 Å². The fourth-order valence-corrected chi connectivity index (χ4v) is 3.11. The summed E-state index contributed by atoms with van der Waals surface area (Å²) in [5, 5.41) is 3.42. The first-order valence-electron chi connectivity index (χ1n) is 8.69. The smallest absolute Gasteiger partial charge is 0.227 e. The van der Waals surface area contributed by atoms with Crippen LogP contribution in [0, 0.1) is 12.8 Å². The van der Waals surface area contributed by atoms with Crippen LogP contribution in [0.4, 0.5) is 11.8 Å². The van der Waals surface area contributed by atoms with Crippen molar-refractivity contribution < 1.29 is 9.47 Å². The van der Waals surface area contributed by atoms with Crippen LogP contribution in [-0.4, -0.2) is 48.6 Å². The van der Waals surface area contributed by atoms with Crippen LogP contribution < -0.4 is 10.2 Å². The Balaban J connectivity index is 1.62. The maximum Gasteiger partial charge on any atom is 0.227 e. The highest BCUT2D eigenvalue weighted by atomic mass is 16.7. The summed E-state index contributed by atoms with van der Waals surface area (Å²) in [4.78, 5) is 11.5. The minimum absolute atomic E-state index is 0.349. The highest BCUT2D eigenvalue weighted by Crippen LogP contribution is 2.32. The van der Waals surface area contributed by atoms with E-state index in [1.54, 1.807) is 0 Å². The van der Waals surface area contributed by atoms with E-state index in [4.69, 9.17) is 14.5 Å². The van der Waals surface area contributed by atoms with E-state index >= 15 is 0 Å². The molecule has 1 N–H and O–H groups in total. The summed E-state index contributed by atoms with van der Waals surface area (Å²) >= 11 is 0. The number of ether oxygens (including phenoxy) is 2. The van der Waals surface area contributed by atoms with E-state index < -0.39 is 0 Å². The molecule has 1 aromatic rings. The van der Waals surface area contributed by atoms with Crippen molar-refractivity contribution in [3.05, 3.63) is 11.8 Å². The third kappa shape index (κ3) is 4.12. The predicted octanol–water partition coefficient (Wildman–Crippen LogP) is 2.59. The highest BCUT2D eigenvalue weighted by Gasteiger charge is 2.40. The van der Waals surface area contributed by atoms with E-state index in [2.05, 4.69) is 29.0 Å². The van der Waals surface area contributed by atoms with Gasteiger partial charge in [0.2, 0.25) is 5.95 Å². The summed E-state index contributed by atoms with van der Waals surface area (Å²) in [6, 6.07) is 2.01. The molecule has 0 bridgehead atoms. The number of hydrogen-bond acceptors (Lipinski definition) is 6. The molecule has 0 radical (unpaired) electrons. The molecule has 6 nitrogen and oxygen atoms in total. The zero-order valence-corrected chi connectivity index (χ0v) is 14.5. The van der Waals surface area contributed by atoms with Crippen LogP contribution in [0.25, 0.3) is 0 Å². The zero-order valence-electron chi connectivity index (χ0n) is 14.5. The van der Waals surface area contributed by atoms with E-state index in [-0.39, 0.29) is 5.79 Å². The quantitative estimate of drug-likeness (QED) is 0.900. The molecule has 0 saturated carbocycles. The summed E-state index contributed by atoms with van der Waals surface area (Å²) in [5.41, 5.74) is 0.996. The van der Waals surface area contributed by atoms with Crippen molar-refractivity contribution in [2.24, 2.45) is 5.92 Å². The number of nitrogens with zero attached hydrogens (tertiary/aromatic N) is 3. The molecule has 23 heavy (non-hydrogen) atoms. The molecule has 1 aromatic heterocycles. The first-order chi connectivity index (χ1) is 11.1. The summed E-state index contributed by atoms with van der Waals surface area (Å²) in [6.07, 6.45) is 2.89. The number of piperidine rings is 1. The van der Waals surface area contributed by atoms with Crippen LogP contribution in [-0.2, 0) is 9.47 Å². The van der Waals surface area contributed by atoms with E-state index in [0.29, 0.717) is 19.1 Å². The molecule has 0 atom stereocenters. The van der Waals surface area contributed by atoms with Gasteiger partial charge in [-0.15, -0.1) is 0 Å². The molecule has 2 aliphatic heterocycles. The van der Waals surface area contributed by atoms with Crippen molar-refractivity contribution >= 4 is 11.8 Å². The Bertz CT molecular complexity index is 519. The molecule has 0 aliphatic carbocycles. The van der Waals surface area contributed by atoms with Gasteiger partial charge in [0.15, 0.2) is 5.79 Å². The van der Waals surface area contributed by atoms with Gasteiger partial charge >= 0.3 is 0 Å². The first-order valence-corrected chi connectivity index (χ1v) is 8.69. The van der Waals surface area contributed by atoms with Gasteiger partial charge in [-0.25, -0.2) is 4.98 Å². The third-order valence-electron chi connectivity index (χ3n) is 4.49. The lowest BCUT2D eigenvalue weighted by molar-refractivity contribution is -0.169. The molecular formula is C17H28N4O2. The zero-order chi connectivity index (χ0) is 16.3. The minimum atomic E-state index is -0.349. The van der Waals surface area contributed by atoms with Crippen LogP contribution in [0.3, 0.4) is 0 Å². The van der Waals surface area contributed by atoms with Gasteiger partial charge in [0, 0.05) is 44.2 Å². The molecule has 6 heteroatoms. The molecule has 3 rings (SSSR count). The lowest BCUT2D eigenvalue weighted by Crippen LogP contribution is -2.45.